The van der Waals surface area contributed by atoms with Gasteiger partial charge in [-0.25, -0.2) is 4.98 Å². The maximum Gasteiger partial charge on any atom is 0.320 e. The third-order valence-corrected chi connectivity index (χ3v) is 4.80. The van der Waals surface area contributed by atoms with Crippen molar-refractivity contribution in [3.63, 3.8) is 0 Å². The van der Waals surface area contributed by atoms with E-state index in [0.717, 1.165) is 23.3 Å². The highest BCUT2D eigenvalue weighted by Gasteiger charge is 2.53. The van der Waals surface area contributed by atoms with Crippen molar-refractivity contribution >= 4 is 5.97 Å². The minimum absolute atomic E-state index is 0.199. The van der Waals surface area contributed by atoms with Gasteiger partial charge in [-0.2, -0.15) is 0 Å². The number of pyridine rings is 1. The van der Waals surface area contributed by atoms with Crippen LogP contribution in [0.2, 0.25) is 0 Å². The van der Waals surface area contributed by atoms with E-state index in [1.165, 1.54) is 12.7 Å². The number of fused-ring (bicyclic) bond motifs is 4. The van der Waals surface area contributed by atoms with Crippen LogP contribution in [-0.4, -0.2) is 25.2 Å². The van der Waals surface area contributed by atoms with Gasteiger partial charge >= 0.3 is 5.97 Å². The molecule has 116 valence electrons. The van der Waals surface area contributed by atoms with Crippen LogP contribution in [0.5, 0.6) is 5.88 Å². The molecule has 1 heterocycles. The van der Waals surface area contributed by atoms with Crippen LogP contribution in [-0.2, 0) is 21.4 Å². The third kappa shape index (κ3) is 1.90. The van der Waals surface area contributed by atoms with Crippen LogP contribution in [0.1, 0.15) is 31.5 Å². The molecule has 1 aromatic rings. The molecule has 1 aromatic heterocycles. The third-order valence-electron chi connectivity index (χ3n) is 4.80. The molecule has 2 aliphatic carbocycles. The average Bonchev–Trinajstić information content (AvgIpc) is 2.52. The summed E-state index contributed by atoms with van der Waals surface area (Å²) in [7, 11) is 3.06. The molecule has 0 aliphatic heterocycles. The van der Waals surface area contributed by atoms with Crippen LogP contribution < -0.4 is 4.74 Å². The van der Waals surface area contributed by atoms with Crippen molar-refractivity contribution < 1.29 is 14.3 Å². The van der Waals surface area contributed by atoms with E-state index in [1.54, 1.807) is 7.11 Å². The van der Waals surface area contributed by atoms with Crippen LogP contribution in [0.3, 0.4) is 0 Å². The zero-order valence-corrected chi connectivity index (χ0v) is 13.5. The summed E-state index contributed by atoms with van der Waals surface area (Å²) >= 11 is 0. The highest BCUT2D eigenvalue weighted by atomic mass is 16.5. The van der Waals surface area contributed by atoms with Crippen molar-refractivity contribution in [1.82, 2.24) is 4.98 Å². The molecule has 0 aromatic carbocycles. The molecule has 22 heavy (non-hydrogen) atoms. The Kier molecular flexibility index (Phi) is 3.55. The van der Waals surface area contributed by atoms with Gasteiger partial charge in [0.2, 0.25) is 5.88 Å². The highest BCUT2D eigenvalue weighted by Crippen LogP contribution is 2.52. The predicted molar refractivity (Wildman–Crippen MR) is 83.8 cm³/mol. The maximum absolute atomic E-state index is 12.8. The molecule has 0 N–H and O–H groups in total. The largest absolute Gasteiger partial charge is 0.481 e. The molecule has 0 radical (unpaired) electrons. The summed E-state index contributed by atoms with van der Waals surface area (Å²) in [4.78, 5) is 17.4. The lowest BCUT2D eigenvalue weighted by atomic mass is 9.58. The molecule has 4 heteroatoms. The highest BCUT2D eigenvalue weighted by molar-refractivity contribution is 5.89. The van der Waals surface area contributed by atoms with Crippen molar-refractivity contribution in [3.05, 3.63) is 46.7 Å². The molecule has 0 saturated carbocycles. The zero-order valence-electron chi connectivity index (χ0n) is 13.5. The van der Waals surface area contributed by atoms with Gasteiger partial charge in [-0.3, -0.25) is 4.79 Å². The number of aromatic nitrogens is 1. The molecular formula is C18H21NO3. The summed E-state index contributed by atoms with van der Waals surface area (Å²) in [6.45, 7) is 4.08. The average molecular weight is 299 g/mol. The van der Waals surface area contributed by atoms with Crippen molar-refractivity contribution in [2.45, 2.75) is 32.1 Å². The molecule has 2 atom stereocenters. The van der Waals surface area contributed by atoms with Gasteiger partial charge in [0.1, 0.15) is 5.41 Å². The Morgan fingerprint density at radius 3 is 2.82 bits per heavy atom. The molecule has 0 amide bonds. The number of hydrogen-bond acceptors (Lipinski definition) is 4. The lowest BCUT2D eigenvalue weighted by Gasteiger charge is -2.45. The van der Waals surface area contributed by atoms with E-state index in [1.807, 2.05) is 19.1 Å². The summed E-state index contributed by atoms with van der Waals surface area (Å²) in [5.74, 6) is 0.581. The number of hydrogen-bond donors (Lipinski definition) is 0. The predicted octanol–water partition coefficient (Wildman–Crippen LogP) is 2.97. The Morgan fingerprint density at radius 2 is 2.18 bits per heavy atom. The van der Waals surface area contributed by atoms with E-state index in [2.05, 4.69) is 24.1 Å². The summed E-state index contributed by atoms with van der Waals surface area (Å²) in [5, 5.41) is 0. The molecular weight excluding hydrogens is 278 g/mol. The van der Waals surface area contributed by atoms with Gasteiger partial charge in [0.05, 0.1) is 19.9 Å². The van der Waals surface area contributed by atoms with Gasteiger partial charge in [0.25, 0.3) is 0 Å². The fraction of sp³-hybridized carbons (Fsp3) is 0.444. The number of carbonyl (C=O) groups is 1. The van der Waals surface area contributed by atoms with Gasteiger partial charge in [-0.05, 0) is 31.4 Å². The first kappa shape index (κ1) is 14.8. The first-order valence-electron chi connectivity index (χ1n) is 7.53. The fourth-order valence-electron chi connectivity index (χ4n) is 4.03. The minimum atomic E-state index is -0.736. The monoisotopic (exact) mass is 299 g/mol. The zero-order chi connectivity index (χ0) is 15.9. The number of rotatable bonds is 2. The summed E-state index contributed by atoms with van der Waals surface area (Å²) in [5.41, 5.74) is 3.51. The van der Waals surface area contributed by atoms with Crippen LogP contribution in [0.15, 0.2) is 35.4 Å². The quantitative estimate of drug-likeness (QED) is 0.622. The minimum Gasteiger partial charge on any atom is -0.481 e. The van der Waals surface area contributed by atoms with E-state index in [-0.39, 0.29) is 11.9 Å². The second kappa shape index (κ2) is 5.27. The van der Waals surface area contributed by atoms with Crippen molar-refractivity contribution in [3.8, 4) is 5.88 Å². The first-order chi connectivity index (χ1) is 10.6. The molecule has 0 saturated heterocycles. The first-order valence-corrected chi connectivity index (χ1v) is 7.53. The molecule has 3 rings (SSSR count). The van der Waals surface area contributed by atoms with Crippen LogP contribution in [0.4, 0.5) is 0 Å². The van der Waals surface area contributed by atoms with Crippen molar-refractivity contribution in [2.24, 2.45) is 5.92 Å². The standard InChI is InChI=1S/C18H21NO3/c1-5-13-12-8-11(2)10-18(13,17(20)22-4)14-6-7-16(21-3)19-15(14)9-12/h5-8,12H,9-10H2,1-4H3. The molecule has 2 aliphatic rings. The lowest BCUT2D eigenvalue weighted by Crippen LogP contribution is -2.47. The smallest absolute Gasteiger partial charge is 0.320 e. The van der Waals surface area contributed by atoms with Gasteiger partial charge < -0.3 is 9.47 Å². The Hall–Kier alpha value is -2.10. The Bertz CT molecular complexity index is 690. The van der Waals surface area contributed by atoms with Gasteiger partial charge in [0.15, 0.2) is 0 Å². The Morgan fingerprint density at radius 1 is 1.41 bits per heavy atom. The van der Waals surface area contributed by atoms with Gasteiger partial charge in [-0.1, -0.05) is 23.8 Å². The SMILES string of the molecule is CC=C1C2C=C(C)CC1(C(=O)OC)c1ccc(OC)nc1C2. The van der Waals surface area contributed by atoms with Crippen LogP contribution in [0, 0.1) is 5.92 Å². The van der Waals surface area contributed by atoms with Crippen LogP contribution >= 0.6 is 0 Å². The maximum atomic E-state index is 12.8. The Balaban J connectivity index is 2.29. The van der Waals surface area contributed by atoms with E-state index < -0.39 is 5.41 Å². The normalized spacial score (nSPS) is 27.9. The number of allylic oxidation sites excluding steroid dienone is 3. The Labute approximate surface area is 130 Å². The van der Waals surface area contributed by atoms with Crippen molar-refractivity contribution in [2.75, 3.05) is 14.2 Å². The number of esters is 1. The number of carbonyl (C=O) groups excluding carboxylic acids is 1. The topological polar surface area (TPSA) is 48.4 Å². The van der Waals surface area contributed by atoms with Crippen molar-refractivity contribution in [1.29, 1.82) is 0 Å². The molecule has 4 nitrogen and oxygen atoms in total. The number of methoxy groups -OCH3 is 2. The summed E-state index contributed by atoms with van der Waals surface area (Å²) in [6.07, 6.45) is 5.76. The second-order valence-electron chi connectivity index (χ2n) is 5.99. The summed E-state index contributed by atoms with van der Waals surface area (Å²) < 4.78 is 10.4. The van der Waals surface area contributed by atoms with E-state index in [9.17, 15) is 4.79 Å². The van der Waals surface area contributed by atoms with E-state index in [4.69, 9.17) is 9.47 Å². The van der Waals surface area contributed by atoms with E-state index in [0.29, 0.717) is 12.3 Å². The fourth-order valence-corrected chi connectivity index (χ4v) is 4.03. The van der Waals surface area contributed by atoms with Gasteiger partial charge in [-0.15, -0.1) is 0 Å². The lowest BCUT2D eigenvalue weighted by molar-refractivity contribution is -0.146. The van der Waals surface area contributed by atoms with Crippen LogP contribution in [0.25, 0.3) is 0 Å². The summed E-state index contributed by atoms with van der Waals surface area (Å²) in [6, 6.07) is 3.79. The molecule has 2 bridgehead atoms. The molecule has 0 spiro atoms. The molecule has 2 unspecified atom stereocenters. The number of ether oxygens (including phenoxy) is 2. The van der Waals surface area contributed by atoms with E-state index >= 15 is 0 Å². The number of nitrogens with zero attached hydrogens (tertiary/aromatic N) is 1. The molecule has 0 fully saturated rings. The second-order valence-corrected chi connectivity index (χ2v) is 5.99. The van der Waals surface area contributed by atoms with Gasteiger partial charge in [0, 0.05) is 18.4 Å².